The summed E-state index contributed by atoms with van der Waals surface area (Å²) in [5.74, 6) is -2.38. The molecule has 0 radical (unpaired) electrons. The van der Waals surface area contributed by atoms with Crippen molar-refractivity contribution < 1.29 is 19.0 Å². The summed E-state index contributed by atoms with van der Waals surface area (Å²) in [6.45, 7) is 0. The third kappa shape index (κ3) is 2.97. The first-order valence-electron chi connectivity index (χ1n) is 6.23. The lowest BCUT2D eigenvalue weighted by Crippen LogP contribution is -2.17. The Labute approximate surface area is 105 Å². The predicted octanol–water partition coefficient (Wildman–Crippen LogP) is 3.02. The Morgan fingerprint density at radius 2 is 2.00 bits per heavy atom. The highest BCUT2D eigenvalue weighted by Gasteiger charge is 2.20. The minimum Gasteiger partial charge on any atom is -0.478 e. The Kier molecular flexibility index (Phi) is 4.12. The van der Waals surface area contributed by atoms with E-state index in [2.05, 4.69) is 4.98 Å². The molecule has 0 amide bonds. The second kappa shape index (κ2) is 5.80. The molecule has 0 atom stereocenters. The third-order valence-corrected chi connectivity index (χ3v) is 3.17. The molecule has 0 aliphatic heterocycles. The van der Waals surface area contributed by atoms with Gasteiger partial charge in [-0.3, -0.25) is 0 Å². The molecule has 2 rings (SSSR count). The van der Waals surface area contributed by atoms with Crippen LogP contribution in [0.5, 0.6) is 5.88 Å². The van der Waals surface area contributed by atoms with Crippen molar-refractivity contribution in [1.82, 2.24) is 4.98 Å². The van der Waals surface area contributed by atoms with Crippen molar-refractivity contribution in [2.24, 2.45) is 0 Å². The van der Waals surface area contributed by atoms with Crippen molar-refractivity contribution in [1.29, 1.82) is 0 Å². The highest BCUT2D eigenvalue weighted by atomic mass is 19.1. The Hall–Kier alpha value is -1.65. The zero-order valence-corrected chi connectivity index (χ0v) is 10.1. The molecule has 0 spiro atoms. The minimum absolute atomic E-state index is 0.0569. The van der Waals surface area contributed by atoms with E-state index in [-0.39, 0.29) is 12.0 Å². The molecular weight excluding hydrogens is 237 g/mol. The molecule has 1 aliphatic carbocycles. The first kappa shape index (κ1) is 12.8. The van der Waals surface area contributed by atoms with E-state index < -0.39 is 17.3 Å². The van der Waals surface area contributed by atoms with Gasteiger partial charge < -0.3 is 9.84 Å². The fourth-order valence-electron chi connectivity index (χ4n) is 2.19. The van der Waals surface area contributed by atoms with Crippen LogP contribution in [0.2, 0.25) is 0 Å². The molecule has 0 saturated heterocycles. The number of aromatic carboxylic acids is 1. The molecule has 0 unspecified atom stereocenters. The number of ether oxygens (including phenoxy) is 1. The number of hydrogen-bond acceptors (Lipinski definition) is 3. The fourth-order valence-corrected chi connectivity index (χ4v) is 2.19. The van der Waals surface area contributed by atoms with Gasteiger partial charge >= 0.3 is 5.97 Å². The van der Waals surface area contributed by atoms with Crippen LogP contribution in [-0.2, 0) is 0 Å². The lowest BCUT2D eigenvalue weighted by Gasteiger charge is -2.16. The fraction of sp³-hybridized carbons (Fsp3) is 0.538. The summed E-state index contributed by atoms with van der Waals surface area (Å²) in [6, 6.07) is 1.14. The third-order valence-electron chi connectivity index (χ3n) is 3.17. The number of aromatic nitrogens is 1. The zero-order valence-electron chi connectivity index (χ0n) is 10.1. The Balaban J connectivity index is 2.13. The van der Waals surface area contributed by atoms with E-state index in [0.717, 1.165) is 31.7 Å². The van der Waals surface area contributed by atoms with Crippen LogP contribution in [-0.4, -0.2) is 22.2 Å². The average Bonchev–Trinajstić information content (AvgIpc) is 2.60. The predicted molar refractivity (Wildman–Crippen MR) is 63.3 cm³/mol. The summed E-state index contributed by atoms with van der Waals surface area (Å²) in [5.41, 5.74) is -0.395. The van der Waals surface area contributed by atoms with Crippen molar-refractivity contribution >= 4 is 5.97 Å². The lowest BCUT2D eigenvalue weighted by molar-refractivity contribution is 0.0688. The van der Waals surface area contributed by atoms with Gasteiger partial charge in [0.05, 0.1) is 0 Å². The number of halogens is 1. The summed E-state index contributed by atoms with van der Waals surface area (Å²) in [6.07, 6.45) is 7.42. The molecule has 1 aromatic heterocycles. The number of carboxylic acid groups (broad SMARTS) is 1. The summed E-state index contributed by atoms with van der Waals surface area (Å²) in [7, 11) is 0. The maximum Gasteiger partial charge on any atom is 0.338 e. The standard InChI is InChI=1S/C13H16FNO3/c14-11-10(13(16)17)7-8-15-12(11)18-9-5-3-1-2-4-6-9/h7-9H,1-6H2,(H,16,17). The maximum atomic E-state index is 13.8. The normalized spacial score (nSPS) is 17.2. The van der Waals surface area contributed by atoms with Crippen LogP contribution in [0.1, 0.15) is 48.9 Å². The van der Waals surface area contributed by atoms with Gasteiger partial charge in [0.2, 0.25) is 0 Å². The Bertz CT molecular complexity index is 428. The molecule has 5 heteroatoms. The molecule has 0 aromatic carbocycles. The van der Waals surface area contributed by atoms with Crippen molar-refractivity contribution in [3.05, 3.63) is 23.6 Å². The summed E-state index contributed by atoms with van der Waals surface area (Å²) in [5, 5.41) is 8.82. The molecule has 1 saturated carbocycles. The highest BCUT2D eigenvalue weighted by Crippen LogP contribution is 2.24. The molecule has 18 heavy (non-hydrogen) atoms. The van der Waals surface area contributed by atoms with Crippen molar-refractivity contribution in [3.63, 3.8) is 0 Å². The van der Waals surface area contributed by atoms with Crippen molar-refractivity contribution in [2.45, 2.75) is 44.6 Å². The van der Waals surface area contributed by atoms with E-state index in [1.807, 2.05) is 0 Å². The van der Waals surface area contributed by atoms with Crippen LogP contribution in [0.25, 0.3) is 0 Å². The number of nitrogens with zero attached hydrogens (tertiary/aromatic N) is 1. The maximum absolute atomic E-state index is 13.8. The Morgan fingerprint density at radius 3 is 2.61 bits per heavy atom. The smallest absolute Gasteiger partial charge is 0.338 e. The van der Waals surface area contributed by atoms with Crippen LogP contribution in [0.15, 0.2) is 12.3 Å². The van der Waals surface area contributed by atoms with E-state index in [0.29, 0.717) is 0 Å². The Morgan fingerprint density at radius 1 is 1.33 bits per heavy atom. The van der Waals surface area contributed by atoms with E-state index in [1.54, 1.807) is 0 Å². The van der Waals surface area contributed by atoms with Crippen molar-refractivity contribution in [2.75, 3.05) is 0 Å². The molecular formula is C13H16FNO3. The highest BCUT2D eigenvalue weighted by molar-refractivity contribution is 5.88. The number of carboxylic acids is 1. The van der Waals surface area contributed by atoms with Crippen LogP contribution in [0.3, 0.4) is 0 Å². The number of rotatable bonds is 3. The van der Waals surface area contributed by atoms with Gasteiger partial charge in [0.1, 0.15) is 11.7 Å². The molecule has 1 fully saturated rings. The van der Waals surface area contributed by atoms with Gasteiger partial charge in [-0.15, -0.1) is 0 Å². The van der Waals surface area contributed by atoms with E-state index in [1.165, 1.54) is 19.0 Å². The largest absolute Gasteiger partial charge is 0.478 e. The molecule has 0 bridgehead atoms. The molecule has 1 aromatic rings. The van der Waals surface area contributed by atoms with Gasteiger partial charge in [-0.2, -0.15) is 0 Å². The lowest BCUT2D eigenvalue weighted by atomic mass is 10.1. The molecule has 4 nitrogen and oxygen atoms in total. The van der Waals surface area contributed by atoms with Gasteiger partial charge in [0.15, 0.2) is 5.82 Å². The first-order valence-corrected chi connectivity index (χ1v) is 6.23. The molecule has 1 aliphatic rings. The van der Waals surface area contributed by atoms with Crippen LogP contribution < -0.4 is 4.74 Å². The van der Waals surface area contributed by atoms with E-state index in [4.69, 9.17) is 9.84 Å². The second-order valence-electron chi connectivity index (χ2n) is 4.51. The number of carbonyl (C=O) groups is 1. The van der Waals surface area contributed by atoms with Crippen LogP contribution in [0.4, 0.5) is 4.39 Å². The van der Waals surface area contributed by atoms with Gasteiger partial charge in [0.25, 0.3) is 5.88 Å². The number of hydrogen-bond donors (Lipinski definition) is 1. The van der Waals surface area contributed by atoms with Gasteiger partial charge in [-0.05, 0) is 31.7 Å². The first-order chi connectivity index (χ1) is 8.68. The topological polar surface area (TPSA) is 59.4 Å². The second-order valence-corrected chi connectivity index (χ2v) is 4.51. The SMILES string of the molecule is O=C(O)c1ccnc(OC2CCCCCC2)c1F. The zero-order chi connectivity index (χ0) is 13.0. The summed E-state index contributed by atoms with van der Waals surface area (Å²) >= 11 is 0. The molecule has 1 N–H and O–H groups in total. The van der Waals surface area contributed by atoms with Gasteiger partial charge in [-0.25, -0.2) is 14.2 Å². The van der Waals surface area contributed by atoms with E-state index >= 15 is 0 Å². The summed E-state index contributed by atoms with van der Waals surface area (Å²) < 4.78 is 19.3. The quantitative estimate of drug-likeness (QED) is 0.841. The van der Waals surface area contributed by atoms with Gasteiger partial charge in [0, 0.05) is 6.20 Å². The molecule has 1 heterocycles. The molecule has 98 valence electrons. The van der Waals surface area contributed by atoms with Gasteiger partial charge in [-0.1, -0.05) is 12.8 Å². The number of pyridine rings is 1. The summed E-state index contributed by atoms with van der Waals surface area (Å²) in [4.78, 5) is 14.6. The van der Waals surface area contributed by atoms with Crippen LogP contribution in [0, 0.1) is 5.82 Å². The monoisotopic (exact) mass is 253 g/mol. The van der Waals surface area contributed by atoms with E-state index in [9.17, 15) is 9.18 Å². The van der Waals surface area contributed by atoms with Crippen molar-refractivity contribution in [3.8, 4) is 5.88 Å². The average molecular weight is 253 g/mol. The minimum atomic E-state index is -1.30. The van der Waals surface area contributed by atoms with Crippen LogP contribution >= 0.6 is 0 Å².